The molecule has 2 amide bonds. The van der Waals surface area contributed by atoms with Crippen LogP contribution in [0.25, 0.3) is 0 Å². The molecular weight excluding hydrogens is 252 g/mol. The van der Waals surface area contributed by atoms with Gasteiger partial charge in [0.15, 0.2) is 0 Å². The molecule has 1 fully saturated rings. The molecule has 1 aromatic rings. The van der Waals surface area contributed by atoms with Crippen molar-refractivity contribution in [2.45, 2.75) is 18.4 Å². The lowest BCUT2D eigenvalue weighted by Crippen LogP contribution is -2.38. The molecule has 0 heterocycles. The van der Waals surface area contributed by atoms with E-state index >= 15 is 0 Å². The van der Waals surface area contributed by atoms with Gasteiger partial charge in [0.1, 0.15) is 0 Å². The first kappa shape index (κ1) is 13.2. The van der Waals surface area contributed by atoms with Crippen LogP contribution in [0, 0.1) is 0 Å². The molecule has 2 atom stereocenters. The maximum absolute atomic E-state index is 11.5. The number of rotatable bonds is 5. The van der Waals surface area contributed by atoms with Gasteiger partial charge >= 0.3 is 6.03 Å². The largest absolute Gasteiger partial charge is 0.383 e. The van der Waals surface area contributed by atoms with Crippen molar-refractivity contribution in [2.75, 3.05) is 20.3 Å². The predicted molar refractivity (Wildman–Crippen MR) is 71.0 cm³/mol. The van der Waals surface area contributed by atoms with E-state index in [2.05, 4.69) is 10.6 Å². The summed E-state index contributed by atoms with van der Waals surface area (Å²) in [7, 11) is 1.61. The lowest BCUT2D eigenvalue weighted by molar-refractivity contribution is 0.195. The van der Waals surface area contributed by atoms with E-state index in [0.717, 1.165) is 11.4 Å². The van der Waals surface area contributed by atoms with Gasteiger partial charge in [0.05, 0.1) is 6.61 Å². The quantitative estimate of drug-likeness (QED) is 0.804. The van der Waals surface area contributed by atoms with E-state index in [9.17, 15) is 4.79 Å². The number of urea groups is 1. The van der Waals surface area contributed by atoms with Crippen molar-refractivity contribution in [1.82, 2.24) is 10.6 Å². The molecular formula is C13H17ClN2O2. The molecule has 1 aliphatic carbocycles. The van der Waals surface area contributed by atoms with Crippen LogP contribution >= 0.6 is 11.6 Å². The Hall–Kier alpha value is -1.26. The zero-order chi connectivity index (χ0) is 13.0. The molecule has 98 valence electrons. The first-order valence-electron chi connectivity index (χ1n) is 5.99. The van der Waals surface area contributed by atoms with Crippen molar-refractivity contribution in [3.05, 3.63) is 34.9 Å². The predicted octanol–water partition coefficient (Wildman–Crippen LogP) is 2.14. The lowest BCUT2D eigenvalue weighted by atomic mass is 10.1. The lowest BCUT2D eigenvalue weighted by Gasteiger charge is -2.06. The van der Waals surface area contributed by atoms with Crippen molar-refractivity contribution in [2.24, 2.45) is 0 Å². The molecule has 0 bridgehead atoms. The van der Waals surface area contributed by atoms with Gasteiger partial charge in [0, 0.05) is 30.6 Å². The second kappa shape index (κ2) is 6.07. The molecule has 18 heavy (non-hydrogen) atoms. The number of benzene rings is 1. The summed E-state index contributed by atoms with van der Waals surface area (Å²) in [5.74, 6) is 0.412. The highest BCUT2D eigenvalue weighted by Crippen LogP contribution is 2.40. The van der Waals surface area contributed by atoms with Crippen LogP contribution in [0.3, 0.4) is 0 Å². The average Bonchev–Trinajstić information content (AvgIpc) is 3.09. The molecule has 1 aromatic carbocycles. The molecule has 0 radical (unpaired) electrons. The summed E-state index contributed by atoms with van der Waals surface area (Å²) in [6.07, 6.45) is 0.985. The fourth-order valence-corrected chi connectivity index (χ4v) is 2.04. The summed E-state index contributed by atoms with van der Waals surface area (Å²) in [6.45, 7) is 1.05. The fraction of sp³-hybridized carbons (Fsp3) is 0.462. The summed E-state index contributed by atoms with van der Waals surface area (Å²) < 4.78 is 4.86. The van der Waals surface area contributed by atoms with Crippen LogP contribution in [0.5, 0.6) is 0 Å². The van der Waals surface area contributed by atoms with Gasteiger partial charge in [-0.1, -0.05) is 23.7 Å². The summed E-state index contributed by atoms with van der Waals surface area (Å²) in [4.78, 5) is 11.5. The van der Waals surface area contributed by atoms with E-state index in [1.165, 1.54) is 5.56 Å². The fourth-order valence-electron chi connectivity index (χ4n) is 1.92. The van der Waals surface area contributed by atoms with Crippen molar-refractivity contribution >= 4 is 17.6 Å². The van der Waals surface area contributed by atoms with Crippen LogP contribution in [-0.2, 0) is 4.74 Å². The molecule has 0 spiro atoms. The van der Waals surface area contributed by atoms with Gasteiger partial charge in [-0.25, -0.2) is 4.79 Å². The topological polar surface area (TPSA) is 50.4 Å². The monoisotopic (exact) mass is 268 g/mol. The van der Waals surface area contributed by atoms with Crippen LogP contribution in [0.4, 0.5) is 4.79 Å². The van der Waals surface area contributed by atoms with Gasteiger partial charge in [-0.05, 0) is 24.1 Å². The second-order valence-corrected chi connectivity index (χ2v) is 4.83. The van der Waals surface area contributed by atoms with E-state index < -0.39 is 0 Å². The van der Waals surface area contributed by atoms with Crippen LogP contribution < -0.4 is 10.6 Å². The van der Waals surface area contributed by atoms with Crippen LogP contribution in [-0.4, -0.2) is 32.3 Å². The summed E-state index contributed by atoms with van der Waals surface area (Å²) >= 11 is 5.84. The molecule has 4 nitrogen and oxygen atoms in total. The van der Waals surface area contributed by atoms with E-state index in [-0.39, 0.29) is 12.1 Å². The maximum atomic E-state index is 11.5. The third-order valence-corrected chi connectivity index (χ3v) is 3.25. The number of nitrogens with one attached hydrogen (secondary N) is 2. The number of methoxy groups -OCH3 is 1. The minimum absolute atomic E-state index is 0.131. The molecule has 1 aliphatic rings. The van der Waals surface area contributed by atoms with Crippen LogP contribution in [0.1, 0.15) is 17.9 Å². The van der Waals surface area contributed by atoms with Crippen molar-refractivity contribution in [1.29, 1.82) is 0 Å². The first-order chi connectivity index (χ1) is 8.70. The maximum Gasteiger partial charge on any atom is 0.315 e. The molecule has 5 heteroatoms. The highest BCUT2D eigenvalue weighted by molar-refractivity contribution is 6.30. The Labute approximate surface area is 112 Å². The normalized spacial score (nSPS) is 21.4. The van der Waals surface area contributed by atoms with Gasteiger partial charge < -0.3 is 15.4 Å². The van der Waals surface area contributed by atoms with E-state index in [4.69, 9.17) is 16.3 Å². The molecule has 1 saturated carbocycles. The Morgan fingerprint density at radius 2 is 2.17 bits per heavy atom. The standard InChI is InChI=1S/C13H17ClN2O2/c1-18-7-6-15-13(17)16-12-8-11(12)9-2-4-10(14)5-3-9/h2-5,11-12H,6-8H2,1H3,(H2,15,16,17)/t11-,12+/m1/s1. The summed E-state index contributed by atoms with van der Waals surface area (Å²) in [5.41, 5.74) is 1.22. The molecule has 0 unspecified atom stereocenters. The highest BCUT2D eigenvalue weighted by Gasteiger charge is 2.39. The molecule has 0 aromatic heterocycles. The third kappa shape index (κ3) is 3.62. The number of halogens is 1. The Morgan fingerprint density at radius 3 is 2.83 bits per heavy atom. The van der Waals surface area contributed by atoms with Gasteiger partial charge in [-0.2, -0.15) is 0 Å². The Morgan fingerprint density at radius 1 is 1.44 bits per heavy atom. The summed E-state index contributed by atoms with van der Waals surface area (Å²) in [6, 6.07) is 7.88. The number of carbonyl (C=O) groups excluding carboxylic acids is 1. The minimum atomic E-state index is -0.131. The molecule has 0 aliphatic heterocycles. The highest BCUT2D eigenvalue weighted by atomic mass is 35.5. The number of carbonyl (C=O) groups is 1. The Kier molecular flexibility index (Phi) is 4.44. The first-order valence-corrected chi connectivity index (χ1v) is 6.37. The van der Waals surface area contributed by atoms with Crippen molar-refractivity contribution in [3.8, 4) is 0 Å². The zero-order valence-corrected chi connectivity index (χ0v) is 11.0. The molecule has 2 rings (SSSR count). The van der Waals surface area contributed by atoms with Gasteiger partial charge in [-0.15, -0.1) is 0 Å². The van der Waals surface area contributed by atoms with E-state index in [0.29, 0.717) is 19.1 Å². The van der Waals surface area contributed by atoms with E-state index in [1.54, 1.807) is 7.11 Å². The number of amides is 2. The second-order valence-electron chi connectivity index (χ2n) is 4.39. The van der Waals surface area contributed by atoms with E-state index in [1.807, 2.05) is 24.3 Å². The Balaban J connectivity index is 1.74. The smallest absolute Gasteiger partial charge is 0.315 e. The summed E-state index contributed by atoms with van der Waals surface area (Å²) in [5, 5.41) is 6.41. The average molecular weight is 269 g/mol. The van der Waals surface area contributed by atoms with Gasteiger partial charge in [0.25, 0.3) is 0 Å². The number of hydrogen-bond donors (Lipinski definition) is 2. The number of ether oxygens (including phenoxy) is 1. The third-order valence-electron chi connectivity index (χ3n) is 3.00. The van der Waals surface area contributed by atoms with Gasteiger partial charge in [-0.3, -0.25) is 0 Å². The minimum Gasteiger partial charge on any atom is -0.383 e. The van der Waals surface area contributed by atoms with Gasteiger partial charge in [0.2, 0.25) is 0 Å². The van der Waals surface area contributed by atoms with Crippen molar-refractivity contribution < 1.29 is 9.53 Å². The van der Waals surface area contributed by atoms with Crippen molar-refractivity contribution in [3.63, 3.8) is 0 Å². The molecule has 2 N–H and O–H groups in total. The SMILES string of the molecule is COCCNC(=O)N[C@H]1C[C@@H]1c1ccc(Cl)cc1. The van der Waals surface area contributed by atoms with Crippen LogP contribution in [0.2, 0.25) is 5.02 Å². The van der Waals surface area contributed by atoms with Crippen LogP contribution in [0.15, 0.2) is 24.3 Å². The zero-order valence-electron chi connectivity index (χ0n) is 10.3. The Bertz CT molecular complexity index is 408. The molecule has 0 saturated heterocycles. The number of hydrogen-bond acceptors (Lipinski definition) is 2.